The van der Waals surface area contributed by atoms with Gasteiger partial charge in [0.15, 0.2) is 0 Å². The van der Waals surface area contributed by atoms with Gasteiger partial charge in [-0.2, -0.15) is 0 Å². The van der Waals surface area contributed by atoms with E-state index < -0.39 is 0 Å². The van der Waals surface area contributed by atoms with Gasteiger partial charge in [0.1, 0.15) is 0 Å². The van der Waals surface area contributed by atoms with Crippen molar-refractivity contribution < 1.29 is 0 Å². The van der Waals surface area contributed by atoms with E-state index in [-0.39, 0.29) is 0 Å². The van der Waals surface area contributed by atoms with Gasteiger partial charge in [-0.05, 0) is 19.9 Å². The summed E-state index contributed by atoms with van der Waals surface area (Å²) in [5.74, 6) is 0. The fraction of sp³-hybridized carbons (Fsp3) is 0.714. The van der Waals surface area contributed by atoms with Crippen LogP contribution in [0.15, 0.2) is 12.2 Å². The zero-order valence-electron chi connectivity index (χ0n) is 5.17. The molecule has 0 amide bonds. The Balaban J connectivity index is 2.27. The maximum Gasteiger partial charge on any atom is 0.0282 e. The maximum atomic E-state index is 2.44. The second-order valence-corrected chi connectivity index (χ2v) is 2.76. The SMILES string of the molecule is CN1C2C=CC1CC2. The number of fused-ring (bicyclic) bond motifs is 2. The van der Waals surface area contributed by atoms with Crippen molar-refractivity contribution in [2.24, 2.45) is 0 Å². The first-order valence-corrected chi connectivity index (χ1v) is 3.28. The molecule has 1 nitrogen and oxygen atoms in total. The van der Waals surface area contributed by atoms with Gasteiger partial charge in [-0.25, -0.2) is 0 Å². The lowest BCUT2D eigenvalue weighted by molar-refractivity contribution is 0.332. The van der Waals surface area contributed by atoms with E-state index in [1.54, 1.807) is 0 Å². The molecule has 0 aromatic carbocycles. The van der Waals surface area contributed by atoms with E-state index in [0.29, 0.717) is 0 Å². The van der Waals surface area contributed by atoms with Crippen molar-refractivity contribution in [3.63, 3.8) is 0 Å². The average Bonchev–Trinajstić information content (AvgIpc) is 2.29. The van der Waals surface area contributed by atoms with Crippen molar-refractivity contribution in [1.82, 2.24) is 4.90 Å². The number of likely N-dealkylation sites (N-methyl/N-ethyl adjacent to an activating group) is 1. The Morgan fingerprint density at radius 1 is 1.25 bits per heavy atom. The van der Waals surface area contributed by atoms with Crippen LogP contribution >= 0.6 is 0 Å². The van der Waals surface area contributed by atoms with Gasteiger partial charge in [0.25, 0.3) is 0 Å². The third kappa shape index (κ3) is 0.402. The van der Waals surface area contributed by atoms with Crippen molar-refractivity contribution in [3.05, 3.63) is 12.2 Å². The summed E-state index contributed by atoms with van der Waals surface area (Å²) in [5.41, 5.74) is 0. The predicted molar refractivity (Wildman–Crippen MR) is 33.7 cm³/mol. The summed E-state index contributed by atoms with van der Waals surface area (Å²) in [5, 5.41) is 0. The molecule has 2 heterocycles. The van der Waals surface area contributed by atoms with Crippen LogP contribution in [0.4, 0.5) is 0 Å². The van der Waals surface area contributed by atoms with E-state index in [1.165, 1.54) is 12.8 Å². The van der Waals surface area contributed by atoms with Crippen LogP contribution in [0, 0.1) is 0 Å². The molecule has 8 heavy (non-hydrogen) atoms. The molecule has 1 fully saturated rings. The second kappa shape index (κ2) is 1.35. The highest BCUT2D eigenvalue weighted by molar-refractivity contribution is 5.14. The number of hydrogen-bond donors (Lipinski definition) is 0. The summed E-state index contributed by atoms with van der Waals surface area (Å²) in [4.78, 5) is 2.44. The quantitative estimate of drug-likeness (QED) is 0.420. The topological polar surface area (TPSA) is 3.24 Å². The molecule has 2 aliphatic rings. The van der Waals surface area contributed by atoms with E-state index in [0.717, 1.165) is 12.1 Å². The summed E-state index contributed by atoms with van der Waals surface area (Å²) in [6, 6.07) is 1.58. The van der Waals surface area contributed by atoms with Gasteiger partial charge in [0, 0.05) is 12.1 Å². The predicted octanol–water partition coefficient (Wildman–Crippen LogP) is 1.02. The summed E-state index contributed by atoms with van der Waals surface area (Å²) in [6.45, 7) is 0. The number of hydrogen-bond acceptors (Lipinski definition) is 1. The molecule has 0 radical (unpaired) electrons. The van der Waals surface area contributed by atoms with Crippen LogP contribution in [0.5, 0.6) is 0 Å². The Bertz CT molecular complexity index is 114. The van der Waals surface area contributed by atoms with Crippen LogP contribution in [0.2, 0.25) is 0 Å². The van der Waals surface area contributed by atoms with Crippen molar-refractivity contribution in [2.45, 2.75) is 24.9 Å². The van der Waals surface area contributed by atoms with Crippen LogP contribution in [0.25, 0.3) is 0 Å². The molecule has 0 aliphatic carbocycles. The van der Waals surface area contributed by atoms with E-state index in [9.17, 15) is 0 Å². The highest BCUT2D eigenvalue weighted by Gasteiger charge is 2.31. The van der Waals surface area contributed by atoms with Gasteiger partial charge < -0.3 is 0 Å². The molecule has 2 aliphatic heterocycles. The highest BCUT2D eigenvalue weighted by atomic mass is 15.2. The lowest BCUT2D eigenvalue weighted by atomic mass is 10.1. The van der Waals surface area contributed by atoms with Gasteiger partial charge in [0.05, 0.1) is 0 Å². The molecule has 2 bridgehead atoms. The van der Waals surface area contributed by atoms with Gasteiger partial charge in [0.2, 0.25) is 0 Å². The third-order valence-electron chi connectivity index (χ3n) is 2.36. The van der Waals surface area contributed by atoms with E-state index >= 15 is 0 Å². The van der Waals surface area contributed by atoms with Gasteiger partial charge in [-0.1, -0.05) is 12.2 Å². The van der Waals surface area contributed by atoms with Crippen LogP contribution in [-0.2, 0) is 0 Å². The Morgan fingerprint density at radius 3 is 1.88 bits per heavy atom. The van der Waals surface area contributed by atoms with Crippen molar-refractivity contribution in [1.29, 1.82) is 0 Å². The van der Waals surface area contributed by atoms with E-state index in [1.807, 2.05) is 0 Å². The summed E-state index contributed by atoms with van der Waals surface area (Å²) in [6.07, 6.45) is 7.43. The van der Waals surface area contributed by atoms with Crippen LogP contribution in [0.1, 0.15) is 12.8 Å². The second-order valence-electron chi connectivity index (χ2n) is 2.76. The number of rotatable bonds is 0. The summed E-state index contributed by atoms with van der Waals surface area (Å²) >= 11 is 0. The Kier molecular flexibility index (Phi) is 0.770. The van der Waals surface area contributed by atoms with Gasteiger partial charge in [-0.15, -0.1) is 0 Å². The molecule has 0 N–H and O–H groups in total. The molecule has 44 valence electrons. The zero-order chi connectivity index (χ0) is 5.56. The summed E-state index contributed by atoms with van der Waals surface area (Å²) < 4.78 is 0. The molecule has 1 heteroatoms. The first-order chi connectivity index (χ1) is 3.88. The van der Waals surface area contributed by atoms with Crippen LogP contribution in [-0.4, -0.2) is 24.0 Å². The molecule has 2 atom stereocenters. The largest absolute Gasteiger partial charge is 0.294 e. The van der Waals surface area contributed by atoms with E-state index in [2.05, 4.69) is 24.1 Å². The molecular weight excluding hydrogens is 98.1 g/mol. The zero-order valence-corrected chi connectivity index (χ0v) is 5.17. The third-order valence-corrected chi connectivity index (χ3v) is 2.36. The Morgan fingerprint density at radius 2 is 1.75 bits per heavy atom. The average molecular weight is 109 g/mol. The smallest absolute Gasteiger partial charge is 0.0282 e. The molecule has 0 spiro atoms. The standard InChI is InChI=1S/C7H11N/c1-8-6-2-3-7(8)5-4-6/h2-3,6-7H,4-5H2,1H3. The molecule has 0 saturated carbocycles. The highest BCUT2D eigenvalue weighted by Crippen LogP contribution is 2.29. The molecule has 0 aromatic heterocycles. The van der Waals surface area contributed by atoms with Gasteiger partial charge in [-0.3, -0.25) is 4.90 Å². The molecule has 1 saturated heterocycles. The lowest BCUT2D eigenvalue weighted by Gasteiger charge is -2.13. The van der Waals surface area contributed by atoms with Crippen LogP contribution in [0.3, 0.4) is 0 Å². The first-order valence-electron chi connectivity index (χ1n) is 3.28. The minimum absolute atomic E-state index is 0.792. The first kappa shape index (κ1) is 4.57. The van der Waals surface area contributed by atoms with Crippen molar-refractivity contribution in [3.8, 4) is 0 Å². The minimum Gasteiger partial charge on any atom is -0.294 e. The Hall–Kier alpha value is -0.300. The summed E-state index contributed by atoms with van der Waals surface area (Å²) in [7, 11) is 2.21. The fourth-order valence-corrected chi connectivity index (χ4v) is 1.72. The fourth-order valence-electron chi connectivity index (χ4n) is 1.72. The molecule has 0 aromatic rings. The number of nitrogens with zero attached hydrogens (tertiary/aromatic N) is 1. The molecule has 2 rings (SSSR count). The van der Waals surface area contributed by atoms with Gasteiger partial charge >= 0.3 is 0 Å². The Labute approximate surface area is 50.0 Å². The van der Waals surface area contributed by atoms with E-state index in [4.69, 9.17) is 0 Å². The molecule has 2 unspecified atom stereocenters. The minimum atomic E-state index is 0.792. The maximum absolute atomic E-state index is 2.44. The molecular formula is C7H11N. The van der Waals surface area contributed by atoms with Crippen molar-refractivity contribution in [2.75, 3.05) is 7.05 Å². The van der Waals surface area contributed by atoms with Crippen molar-refractivity contribution >= 4 is 0 Å². The monoisotopic (exact) mass is 109 g/mol. The van der Waals surface area contributed by atoms with Crippen LogP contribution < -0.4 is 0 Å². The normalized spacial score (nSPS) is 44.1. The lowest BCUT2D eigenvalue weighted by Crippen LogP contribution is -2.23.